The number of hydrogen-bond acceptors (Lipinski definition) is 8. The summed E-state index contributed by atoms with van der Waals surface area (Å²) in [7, 11) is -10.6. The maximum absolute atomic E-state index is 12.3. The second-order valence-corrected chi connectivity index (χ2v) is 9.21. The van der Waals surface area contributed by atoms with Crippen LogP contribution in [0.25, 0.3) is 21.5 Å². The molecule has 0 aliphatic heterocycles. The van der Waals surface area contributed by atoms with Gasteiger partial charge in [-0.25, -0.2) is 8.42 Å². The van der Waals surface area contributed by atoms with Crippen LogP contribution in [0.3, 0.4) is 0 Å². The zero-order chi connectivity index (χ0) is 22.4. The monoisotopic (exact) mass is 511 g/mol. The van der Waals surface area contributed by atoms with Crippen molar-refractivity contribution in [3.05, 3.63) is 66.7 Å². The van der Waals surface area contributed by atoms with E-state index in [2.05, 4.69) is 10.2 Å². The molecule has 0 aliphatic rings. The van der Waals surface area contributed by atoms with Gasteiger partial charge in [0.15, 0.2) is 0 Å². The molecule has 0 saturated carbocycles. The molecule has 163 valence electrons. The number of nitrogens with zero attached hydrogens (tertiary/aromatic N) is 2. The van der Waals surface area contributed by atoms with Gasteiger partial charge in [-0.3, -0.25) is 4.55 Å². The van der Waals surface area contributed by atoms with Gasteiger partial charge in [-0.1, -0.05) is 66.4 Å². The van der Waals surface area contributed by atoms with E-state index in [-0.39, 0.29) is 33.5 Å². The van der Waals surface area contributed by atoms with Crippen LogP contribution in [-0.4, -0.2) is 25.9 Å². The van der Waals surface area contributed by atoms with Gasteiger partial charge in [-0.05, 0) is 16.8 Å². The van der Waals surface area contributed by atoms with Gasteiger partial charge in [0.2, 0.25) is 0 Å². The van der Waals surface area contributed by atoms with Crippen LogP contribution < -0.4 is 5.11 Å². The Morgan fingerprint density at radius 2 is 1.34 bits per heavy atom. The molecule has 9 nitrogen and oxygen atoms in total. The molecule has 0 fully saturated rings. The predicted octanol–water partition coefficient (Wildman–Crippen LogP) is 3.63. The van der Waals surface area contributed by atoms with Gasteiger partial charge in [0.05, 0.1) is 10.6 Å². The molecule has 0 aromatic heterocycles. The van der Waals surface area contributed by atoms with E-state index in [0.717, 1.165) is 6.07 Å². The van der Waals surface area contributed by atoms with E-state index in [1.807, 2.05) is 0 Å². The summed E-state index contributed by atoms with van der Waals surface area (Å²) < 4.78 is 69.5. The fraction of sp³-hybridized carbons (Fsp3) is 0. The Labute approximate surface area is 193 Å². The first-order valence-electron chi connectivity index (χ1n) is 8.67. The van der Waals surface area contributed by atoms with Crippen LogP contribution >= 0.6 is 0 Å². The van der Waals surface area contributed by atoms with Crippen LogP contribution in [-0.2, 0) is 37.3 Å². The molecular formula is C20H12MnN2O7S2. The first-order valence-corrected chi connectivity index (χ1v) is 11.5. The van der Waals surface area contributed by atoms with Crippen LogP contribution in [0.2, 0.25) is 0 Å². The average Bonchev–Trinajstić information content (AvgIpc) is 2.70. The minimum Gasteiger partial charge on any atom is -0.871 e. The smallest absolute Gasteiger partial charge is 0.871 e. The average molecular weight is 511 g/mol. The van der Waals surface area contributed by atoms with E-state index in [1.54, 1.807) is 30.3 Å². The van der Waals surface area contributed by atoms with Crippen molar-refractivity contribution >= 4 is 53.2 Å². The third-order valence-corrected chi connectivity index (χ3v) is 6.55. The second-order valence-electron chi connectivity index (χ2n) is 6.54. The summed E-state index contributed by atoms with van der Waals surface area (Å²) in [6.07, 6.45) is 0. The fourth-order valence-corrected chi connectivity index (χ4v) is 5.41. The van der Waals surface area contributed by atoms with Gasteiger partial charge in [-0.15, -0.1) is 5.11 Å². The number of hydrogen-bond donors (Lipinski definition) is 1. The van der Waals surface area contributed by atoms with Crippen molar-refractivity contribution in [1.29, 1.82) is 0 Å². The van der Waals surface area contributed by atoms with Crippen LogP contribution in [0.15, 0.2) is 86.7 Å². The molecule has 4 aromatic carbocycles. The summed E-state index contributed by atoms with van der Waals surface area (Å²) in [5.41, 5.74) is -0.706. The minimum absolute atomic E-state index is 0. The number of benzene rings is 4. The molecule has 0 aliphatic carbocycles. The molecule has 0 spiro atoms. The van der Waals surface area contributed by atoms with Crippen LogP contribution in [0.5, 0.6) is 5.75 Å². The summed E-state index contributed by atoms with van der Waals surface area (Å²) in [5, 5.41) is 21.0. The molecule has 4 rings (SSSR count). The Morgan fingerprint density at radius 3 is 1.97 bits per heavy atom. The minimum atomic E-state index is -5.34. The molecule has 0 saturated heterocycles. The Morgan fingerprint density at radius 1 is 0.750 bits per heavy atom. The van der Waals surface area contributed by atoms with Crippen LogP contribution in [0.1, 0.15) is 0 Å². The molecule has 12 heteroatoms. The topological polar surface area (TPSA) is 159 Å². The second kappa shape index (κ2) is 8.58. The van der Waals surface area contributed by atoms with Crippen LogP contribution in [0.4, 0.5) is 11.4 Å². The Balaban J connectivity index is 0.00000289. The maximum Gasteiger partial charge on any atom is 2.00 e. The largest absolute Gasteiger partial charge is 2.00 e. The van der Waals surface area contributed by atoms with Gasteiger partial charge >= 0.3 is 17.1 Å². The van der Waals surface area contributed by atoms with Crippen molar-refractivity contribution in [3.8, 4) is 5.75 Å². The van der Waals surface area contributed by atoms with E-state index in [0.29, 0.717) is 10.8 Å². The molecule has 0 heterocycles. The van der Waals surface area contributed by atoms with Crippen molar-refractivity contribution in [3.63, 3.8) is 0 Å². The third-order valence-electron chi connectivity index (χ3n) is 4.57. The molecule has 1 radical (unpaired) electrons. The van der Waals surface area contributed by atoms with Crippen molar-refractivity contribution in [2.75, 3.05) is 0 Å². The first-order chi connectivity index (χ1) is 14.6. The van der Waals surface area contributed by atoms with E-state index in [9.17, 15) is 31.0 Å². The fourth-order valence-electron chi connectivity index (χ4n) is 3.30. The molecular weight excluding hydrogens is 499 g/mol. The van der Waals surface area contributed by atoms with Crippen LogP contribution in [0, 0.1) is 0 Å². The third kappa shape index (κ3) is 4.37. The van der Waals surface area contributed by atoms with E-state index >= 15 is 0 Å². The molecule has 0 atom stereocenters. The van der Waals surface area contributed by atoms with E-state index in [4.69, 9.17) is 0 Å². The zero-order valence-electron chi connectivity index (χ0n) is 15.8. The maximum atomic E-state index is 12.3. The zero-order valence-corrected chi connectivity index (χ0v) is 18.6. The molecule has 0 bridgehead atoms. The Kier molecular flexibility index (Phi) is 6.38. The molecule has 0 unspecified atom stereocenters. The van der Waals surface area contributed by atoms with E-state index in [1.165, 1.54) is 30.3 Å². The van der Waals surface area contributed by atoms with Gasteiger partial charge in [0.1, 0.15) is 20.7 Å². The summed E-state index contributed by atoms with van der Waals surface area (Å²) >= 11 is 0. The number of rotatable bonds is 4. The van der Waals surface area contributed by atoms with Crippen molar-refractivity contribution in [1.82, 2.24) is 0 Å². The summed E-state index contributed by atoms with van der Waals surface area (Å²) in [5.74, 6) is -0.506. The van der Waals surface area contributed by atoms with Crippen molar-refractivity contribution in [2.45, 2.75) is 9.79 Å². The summed E-state index contributed by atoms with van der Waals surface area (Å²) in [4.78, 5) is -2.33. The molecule has 1 N–H and O–H groups in total. The first kappa shape index (κ1) is 23.8. The van der Waals surface area contributed by atoms with E-state index < -0.39 is 41.5 Å². The molecule has 4 aromatic rings. The summed E-state index contributed by atoms with van der Waals surface area (Å²) in [6, 6.07) is 16.4. The Bertz CT molecular complexity index is 1600. The summed E-state index contributed by atoms with van der Waals surface area (Å²) in [6.45, 7) is 0. The van der Waals surface area contributed by atoms with Gasteiger partial charge in [0.25, 0.3) is 10.1 Å². The normalized spacial score (nSPS) is 12.3. The van der Waals surface area contributed by atoms with Crippen molar-refractivity contribution < 1.29 is 48.1 Å². The van der Waals surface area contributed by atoms with Gasteiger partial charge in [0, 0.05) is 10.8 Å². The molecule has 32 heavy (non-hydrogen) atoms. The predicted molar refractivity (Wildman–Crippen MR) is 109 cm³/mol. The van der Waals surface area contributed by atoms with Gasteiger partial charge < -0.3 is 9.66 Å². The standard InChI is InChI=1S/C20H14N2O7S2.Mn/c23-17-10-9-12-5-1-3-7-14(12)18(17)22-21-16-11-13-6-2-4-8-15(13)19(30(24,25)26)20(16)31(27,28)29;/h1-11,23H,(H,24,25,26)(H,27,28,29);/q;+2/p-2. The molecule has 0 amide bonds. The van der Waals surface area contributed by atoms with Gasteiger partial charge in [-0.2, -0.15) is 13.5 Å². The number of azo groups is 1. The quantitative estimate of drug-likeness (QED) is 0.249. The Hall–Kier alpha value is -2.86. The van der Waals surface area contributed by atoms with Crippen molar-refractivity contribution in [2.24, 2.45) is 10.2 Å². The SMILES string of the molecule is O=S(=O)([O-])c1c(S(=O)(=O)O)c(N=Nc2c([O-])ccc3ccccc23)cc2ccccc12.[Mn+2]. The number of fused-ring (bicyclic) bond motifs is 2.